The molecule has 0 aliphatic heterocycles. The second-order valence-electron chi connectivity index (χ2n) is 7.86. The summed E-state index contributed by atoms with van der Waals surface area (Å²) in [5, 5.41) is 15.7. The third kappa shape index (κ3) is 5.13. The number of carbonyl (C=O) groups excluding carboxylic acids is 1. The minimum absolute atomic E-state index is 0.135. The maximum Gasteiger partial charge on any atom is 0.250 e. The average Bonchev–Trinajstić information content (AvgIpc) is 3.36. The number of nitrogens with one attached hydrogen (secondary N) is 1. The van der Waals surface area contributed by atoms with Crippen molar-refractivity contribution in [3.8, 4) is 22.8 Å². The van der Waals surface area contributed by atoms with Gasteiger partial charge in [0.25, 0.3) is 5.91 Å². The van der Waals surface area contributed by atoms with Gasteiger partial charge in [0.2, 0.25) is 0 Å². The van der Waals surface area contributed by atoms with Crippen LogP contribution in [0.3, 0.4) is 0 Å². The van der Waals surface area contributed by atoms with E-state index in [-0.39, 0.29) is 11.7 Å². The third-order valence-corrected chi connectivity index (χ3v) is 6.47. The number of amides is 1. The Balaban J connectivity index is 1.32. The van der Waals surface area contributed by atoms with E-state index >= 15 is 0 Å². The topological polar surface area (TPSA) is 81.4 Å². The van der Waals surface area contributed by atoms with E-state index in [1.54, 1.807) is 13.3 Å². The van der Waals surface area contributed by atoms with Crippen LogP contribution >= 0.6 is 11.8 Å². The first kappa shape index (κ1) is 23.3. The van der Waals surface area contributed by atoms with Gasteiger partial charge in [-0.15, -0.1) is 10.2 Å². The number of ether oxygens (including phenoxy) is 1. The fourth-order valence-corrected chi connectivity index (χ4v) is 4.55. The number of methoxy groups -OCH3 is 1. The SMILES string of the molecule is COc1ccc(-n2c(SCC(=O)N/N=C\c3cccc4ccccc34)nnc2-c2ccccc2)cc1. The molecule has 0 saturated carbocycles. The predicted molar refractivity (Wildman–Crippen MR) is 144 cm³/mol. The maximum atomic E-state index is 12.6. The van der Waals surface area contributed by atoms with E-state index in [9.17, 15) is 4.79 Å². The lowest BCUT2D eigenvalue weighted by Crippen LogP contribution is -2.20. The molecule has 178 valence electrons. The number of rotatable bonds is 8. The highest BCUT2D eigenvalue weighted by atomic mass is 32.2. The number of carbonyl (C=O) groups is 1. The molecule has 0 bridgehead atoms. The highest BCUT2D eigenvalue weighted by Gasteiger charge is 2.17. The minimum atomic E-state index is -0.234. The first-order valence-electron chi connectivity index (χ1n) is 11.3. The third-order valence-electron chi connectivity index (χ3n) is 5.54. The highest BCUT2D eigenvalue weighted by molar-refractivity contribution is 7.99. The van der Waals surface area contributed by atoms with Crippen LogP contribution in [-0.4, -0.2) is 39.7 Å². The second kappa shape index (κ2) is 10.9. The molecule has 4 aromatic carbocycles. The first-order chi connectivity index (χ1) is 17.7. The number of nitrogens with zero attached hydrogens (tertiary/aromatic N) is 4. The van der Waals surface area contributed by atoms with Gasteiger partial charge in [0.05, 0.1) is 19.1 Å². The normalized spacial score (nSPS) is 11.1. The summed E-state index contributed by atoms with van der Waals surface area (Å²) in [5.74, 6) is 1.35. The van der Waals surface area contributed by atoms with Gasteiger partial charge in [-0.25, -0.2) is 5.43 Å². The van der Waals surface area contributed by atoms with Crippen LogP contribution in [0.15, 0.2) is 107 Å². The number of hydrogen-bond acceptors (Lipinski definition) is 6. The van der Waals surface area contributed by atoms with Crippen LogP contribution in [0, 0.1) is 0 Å². The van der Waals surface area contributed by atoms with E-state index < -0.39 is 0 Å². The van der Waals surface area contributed by atoms with Gasteiger partial charge in [0, 0.05) is 16.8 Å². The summed E-state index contributed by atoms with van der Waals surface area (Å²) in [7, 11) is 1.63. The summed E-state index contributed by atoms with van der Waals surface area (Å²) in [6, 6.07) is 31.5. The van der Waals surface area contributed by atoms with E-state index in [4.69, 9.17) is 4.74 Å². The Bertz CT molecular complexity index is 1510. The van der Waals surface area contributed by atoms with Crippen molar-refractivity contribution in [3.63, 3.8) is 0 Å². The van der Waals surface area contributed by atoms with Crippen LogP contribution in [0.4, 0.5) is 0 Å². The Hall–Kier alpha value is -4.43. The van der Waals surface area contributed by atoms with Crippen molar-refractivity contribution >= 4 is 34.7 Å². The Morgan fingerprint density at radius 1 is 0.944 bits per heavy atom. The molecule has 0 aliphatic rings. The summed E-state index contributed by atoms with van der Waals surface area (Å²) < 4.78 is 7.23. The van der Waals surface area contributed by atoms with Gasteiger partial charge in [-0.2, -0.15) is 5.10 Å². The molecule has 0 saturated heterocycles. The molecule has 5 aromatic rings. The quantitative estimate of drug-likeness (QED) is 0.179. The van der Waals surface area contributed by atoms with Gasteiger partial charge < -0.3 is 4.74 Å². The van der Waals surface area contributed by atoms with E-state index in [1.165, 1.54) is 11.8 Å². The van der Waals surface area contributed by atoms with Crippen LogP contribution < -0.4 is 10.2 Å². The molecule has 0 spiro atoms. The highest BCUT2D eigenvalue weighted by Crippen LogP contribution is 2.28. The van der Waals surface area contributed by atoms with Crippen molar-refractivity contribution < 1.29 is 9.53 Å². The van der Waals surface area contributed by atoms with Gasteiger partial charge in [-0.1, -0.05) is 84.6 Å². The van der Waals surface area contributed by atoms with Crippen molar-refractivity contribution in [1.29, 1.82) is 0 Å². The lowest BCUT2D eigenvalue weighted by atomic mass is 10.1. The molecule has 0 radical (unpaired) electrons. The summed E-state index contributed by atoms with van der Waals surface area (Å²) in [6.45, 7) is 0. The Labute approximate surface area is 212 Å². The van der Waals surface area contributed by atoms with Crippen LogP contribution in [0.25, 0.3) is 27.8 Å². The molecule has 1 aromatic heterocycles. The lowest BCUT2D eigenvalue weighted by molar-refractivity contribution is -0.118. The first-order valence-corrected chi connectivity index (χ1v) is 12.3. The minimum Gasteiger partial charge on any atom is -0.497 e. The van der Waals surface area contributed by atoms with E-state index in [2.05, 4.69) is 20.7 Å². The number of hydrogen-bond donors (Lipinski definition) is 1. The van der Waals surface area contributed by atoms with Gasteiger partial charge >= 0.3 is 0 Å². The molecule has 0 aliphatic carbocycles. The number of fused-ring (bicyclic) bond motifs is 1. The molecule has 0 fully saturated rings. The van der Waals surface area contributed by atoms with Crippen LogP contribution in [0.5, 0.6) is 5.75 Å². The standard InChI is InChI=1S/C28H23N5O2S/c1-35-24-16-14-23(15-17-24)33-27(21-9-3-2-4-10-21)31-32-28(33)36-19-26(34)30-29-18-22-12-7-11-20-8-5-6-13-25(20)22/h2-18H,19H2,1H3,(H,30,34)/b29-18-. The van der Waals surface area contributed by atoms with Crippen molar-refractivity contribution in [2.45, 2.75) is 5.16 Å². The second-order valence-corrected chi connectivity index (χ2v) is 8.80. The summed E-state index contributed by atoms with van der Waals surface area (Å²) >= 11 is 1.30. The zero-order valence-corrected chi connectivity index (χ0v) is 20.4. The van der Waals surface area contributed by atoms with Gasteiger partial charge in [-0.05, 0) is 35.0 Å². The monoisotopic (exact) mass is 493 g/mol. The molecule has 8 heteroatoms. The van der Waals surface area contributed by atoms with Crippen molar-refractivity contribution in [3.05, 3.63) is 103 Å². The zero-order chi connectivity index (χ0) is 24.7. The van der Waals surface area contributed by atoms with E-state index in [0.29, 0.717) is 11.0 Å². The lowest BCUT2D eigenvalue weighted by Gasteiger charge is -2.11. The number of hydrazone groups is 1. The van der Waals surface area contributed by atoms with Crippen LogP contribution in [-0.2, 0) is 4.79 Å². The molecule has 7 nitrogen and oxygen atoms in total. The largest absolute Gasteiger partial charge is 0.497 e. The average molecular weight is 494 g/mol. The van der Waals surface area contributed by atoms with Crippen molar-refractivity contribution in [2.24, 2.45) is 5.10 Å². The molecule has 1 N–H and O–H groups in total. The summed E-state index contributed by atoms with van der Waals surface area (Å²) in [4.78, 5) is 12.6. The maximum absolute atomic E-state index is 12.6. The summed E-state index contributed by atoms with van der Waals surface area (Å²) in [6.07, 6.45) is 1.66. The number of aromatic nitrogens is 3. The van der Waals surface area contributed by atoms with E-state index in [1.807, 2.05) is 102 Å². The fourth-order valence-electron chi connectivity index (χ4n) is 3.80. The van der Waals surface area contributed by atoms with Crippen LogP contribution in [0.1, 0.15) is 5.56 Å². The molecule has 0 atom stereocenters. The zero-order valence-electron chi connectivity index (χ0n) is 19.5. The Morgan fingerprint density at radius 3 is 2.50 bits per heavy atom. The fraction of sp³-hybridized carbons (Fsp3) is 0.0714. The van der Waals surface area contributed by atoms with E-state index in [0.717, 1.165) is 33.3 Å². The smallest absolute Gasteiger partial charge is 0.250 e. The molecular weight excluding hydrogens is 470 g/mol. The number of benzene rings is 4. The van der Waals surface area contributed by atoms with Gasteiger partial charge in [0.1, 0.15) is 5.75 Å². The molecule has 0 unspecified atom stereocenters. The molecular formula is C28H23N5O2S. The van der Waals surface area contributed by atoms with Crippen molar-refractivity contribution in [1.82, 2.24) is 20.2 Å². The van der Waals surface area contributed by atoms with Crippen LogP contribution in [0.2, 0.25) is 0 Å². The predicted octanol–water partition coefficient (Wildman–Crippen LogP) is 5.34. The number of thioether (sulfide) groups is 1. The summed E-state index contributed by atoms with van der Waals surface area (Å²) in [5.41, 5.74) is 5.35. The molecule has 5 rings (SSSR count). The Kier molecular flexibility index (Phi) is 7.05. The van der Waals surface area contributed by atoms with Gasteiger partial charge in [0.15, 0.2) is 11.0 Å². The van der Waals surface area contributed by atoms with Crippen molar-refractivity contribution in [2.75, 3.05) is 12.9 Å². The van der Waals surface area contributed by atoms with Gasteiger partial charge in [-0.3, -0.25) is 9.36 Å². The Morgan fingerprint density at radius 2 is 1.69 bits per heavy atom. The molecule has 36 heavy (non-hydrogen) atoms. The molecule has 1 heterocycles. The molecule has 1 amide bonds.